The van der Waals surface area contributed by atoms with Gasteiger partial charge in [0.15, 0.2) is 0 Å². The summed E-state index contributed by atoms with van der Waals surface area (Å²) >= 11 is 12.1. The van der Waals surface area contributed by atoms with Gasteiger partial charge in [-0.2, -0.15) is 0 Å². The number of carbonyl (C=O) groups excluding carboxylic acids is 3. The van der Waals surface area contributed by atoms with Crippen LogP contribution in [0.1, 0.15) is 42.5 Å². The third kappa shape index (κ3) is 4.38. The van der Waals surface area contributed by atoms with Gasteiger partial charge in [0.05, 0.1) is 5.69 Å². The van der Waals surface area contributed by atoms with Gasteiger partial charge in [-0.15, -0.1) is 0 Å². The van der Waals surface area contributed by atoms with E-state index in [1.54, 1.807) is 53.4 Å². The number of imide groups is 1. The average molecular weight is 472 g/mol. The van der Waals surface area contributed by atoms with Crippen molar-refractivity contribution in [3.63, 3.8) is 0 Å². The topological polar surface area (TPSA) is 69.7 Å². The maximum Gasteiger partial charge on any atom is 0.283 e. The van der Waals surface area contributed by atoms with Gasteiger partial charge in [-0.05, 0) is 55.3 Å². The van der Waals surface area contributed by atoms with Gasteiger partial charge >= 0.3 is 0 Å². The first-order valence-corrected chi connectivity index (χ1v) is 11.3. The van der Waals surface area contributed by atoms with Crippen LogP contribution in [0.3, 0.4) is 0 Å². The SMILES string of the molecule is CN(C(=O)c1cccc(NC2=C(Cl)C(=O)N(c3ccc(Cl)cc3)C2=O)c1)C1CCCCC1. The van der Waals surface area contributed by atoms with Gasteiger partial charge in [0.1, 0.15) is 10.7 Å². The molecule has 1 aliphatic heterocycles. The summed E-state index contributed by atoms with van der Waals surface area (Å²) < 4.78 is 0. The Balaban J connectivity index is 1.52. The van der Waals surface area contributed by atoms with Crippen LogP contribution in [0.15, 0.2) is 59.3 Å². The van der Waals surface area contributed by atoms with Crippen LogP contribution in [-0.2, 0) is 9.59 Å². The molecular formula is C24H23Cl2N3O3. The van der Waals surface area contributed by atoms with Crippen LogP contribution in [-0.4, -0.2) is 35.7 Å². The second kappa shape index (κ2) is 9.35. The van der Waals surface area contributed by atoms with Crippen molar-refractivity contribution in [1.29, 1.82) is 0 Å². The highest BCUT2D eigenvalue weighted by atomic mass is 35.5. The molecule has 2 aliphatic rings. The van der Waals surface area contributed by atoms with E-state index in [0.29, 0.717) is 22.0 Å². The van der Waals surface area contributed by atoms with E-state index in [-0.39, 0.29) is 22.7 Å². The molecule has 1 N–H and O–H groups in total. The number of anilines is 2. The molecule has 0 atom stereocenters. The van der Waals surface area contributed by atoms with Crippen molar-refractivity contribution in [2.24, 2.45) is 0 Å². The summed E-state index contributed by atoms with van der Waals surface area (Å²) in [5.41, 5.74) is 1.35. The Morgan fingerprint density at radius 2 is 1.69 bits per heavy atom. The minimum atomic E-state index is -0.620. The highest BCUT2D eigenvalue weighted by Crippen LogP contribution is 2.31. The third-order valence-electron chi connectivity index (χ3n) is 5.93. The molecule has 1 fully saturated rings. The first-order valence-electron chi connectivity index (χ1n) is 10.5. The Morgan fingerprint density at radius 3 is 2.38 bits per heavy atom. The van der Waals surface area contributed by atoms with Crippen molar-refractivity contribution in [2.75, 3.05) is 17.3 Å². The Kier molecular flexibility index (Phi) is 6.53. The summed E-state index contributed by atoms with van der Waals surface area (Å²) in [6, 6.07) is 13.4. The molecule has 1 aliphatic carbocycles. The monoisotopic (exact) mass is 471 g/mol. The summed E-state index contributed by atoms with van der Waals surface area (Å²) in [6.45, 7) is 0. The van der Waals surface area contributed by atoms with Crippen LogP contribution < -0.4 is 10.2 Å². The van der Waals surface area contributed by atoms with E-state index in [2.05, 4.69) is 5.32 Å². The fourth-order valence-electron chi connectivity index (χ4n) is 4.15. The molecule has 3 amide bonds. The van der Waals surface area contributed by atoms with Crippen molar-refractivity contribution >= 4 is 52.3 Å². The minimum Gasteiger partial charge on any atom is -0.350 e. The van der Waals surface area contributed by atoms with E-state index >= 15 is 0 Å². The fraction of sp³-hybridized carbons (Fsp3) is 0.292. The van der Waals surface area contributed by atoms with Crippen LogP contribution >= 0.6 is 23.2 Å². The number of nitrogens with one attached hydrogen (secondary N) is 1. The van der Waals surface area contributed by atoms with Crippen molar-refractivity contribution in [3.05, 3.63) is 69.8 Å². The van der Waals surface area contributed by atoms with Gasteiger partial charge < -0.3 is 10.2 Å². The summed E-state index contributed by atoms with van der Waals surface area (Å²) in [5.74, 6) is -1.26. The highest BCUT2D eigenvalue weighted by Gasteiger charge is 2.39. The lowest BCUT2D eigenvalue weighted by atomic mass is 9.94. The molecule has 0 saturated heterocycles. The largest absolute Gasteiger partial charge is 0.350 e. The smallest absolute Gasteiger partial charge is 0.283 e. The Bertz CT molecular complexity index is 1090. The first-order chi connectivity index (χ1) is 15.4. The molecule has 4 rings (SSSR count). The number of carbonyl (C=O) groups is 3. The fourth-order valence-corrected chi connectivity index (χ4v) is 4.49. The van der Waals surface area contributed by atoms with E-state index in [1.165, 1.54) is 6.42 Å². The maximum atomic E-state index is 13.0. The molecule has 2 aromatic rings. The van der Waals surface area contributed by atoms with E-state index in [1.807, 2.05) is 7.05 Å². The summed E-state index contributed by atoms with van der Waals surface area (Å²) in [6.07, 6.45) is 5.51. The number of rotatable bonds is 5. The van der Waals surface area contributed by atoms with Crippen LogP contribution in [0.25, 0.3) is 0 Å². The normalized spacial score (nSPS) is 17.2. The van der Waals surface area contributed by atoms with Crippen LogP contribution in [0.4, 0.5) is 11.4 Å². The molecule has 1 saturated carbocycles. The lowest BCUT2D eigenvalue weighted by Crippen LogP contribution is -2.38. The molecule has 0 aromatic heterocycles. The number of hydrogen-bond donors (Lipinski definition) is 1. The quantitative estimate of drug-likeness (QED) is 0.609. The molecule has 0 unspecified atom stereocenters. The molecule has 8 heteroatoms. The molecule has 2 aromatic carbocycles. The van der Waals surface area contributed by atoms with Gasteiger partial charge in [0.2, 0.25) is 0 Å². The molecule has 32 heavy (non-hydrogen) atoms. The van der Waals surface area contributed by atoms with Gasteiger partial charge in [-0.3, -0.25) is 14.4 Å². The molecule has 0 radical (unpaired) electrons. The first kappa shape index (κ1) is 22.4. The van der Waals surface area contributed by atoms with Gasteiger partial charge in [0, 0.05) is 29.4 Å². The maximum absolute atomic E-state index is 13.0. The minimum absolute atomic E-state index is 0.0307. The van der Waals surface area contributed by atoms with Crippen molar-refractivity contribution in [2.45, 2.75) is 38.1 Å². The number of hydrogen-bond acceptors (Lipinski definition) is 4. The predicted octanol–water partition coefficient (Wildman–Crippen LogP) is 5.18. The predicted molar refractivity (Wildman–Crippen MR) is 126 cm³/mol. The average Bonchev–Trinajstić information content (AvgIpc) is 3.02. The number of amides is 3. The van der Waals surface area contributed by atoms with E-state index < -0.39 is 11.8 Å². The molecule has 1 heterocycles. The van der Waals surface area contributed by atoms with Crippen LogP contribution in [0.2, 0.25) is 5.02 Å². The van der Waals surface area contributed by atoms with E-state index in [0.717, 1.165) is 30.6 Å². The lowest BCUT2D eigenvalue weighted by Gasteiger charge is -2.31. The van der Waals surface area contributed by atoms with E-state index in [9.17, 15) is 14.4 Å². The van der Waals surface area contributed by atoms with Crippen molar-refractivity contribution in [3.8, 4) is 0 Å². The number of nitrogens with zero attached hydrogens (tertiary/aromatic N) is 2. The summed E-state index contributed by atoms with van der Waals surface area (Å²) in [5, 5.41) is 3.22. The standard InChI is InChI=1S/C24H23Cl2N3O3/c1-28(18-8-3-2-4-9-18)22(30)15-6-5-7-17(14-15)27-21-20(26)23(31)29(24(21)32)19-12-10-16(25)11-13-19/h5-7,10-14,18,27H,2-4,8-9H2,1H3. The molecular weight excluding hydrogens is 449 g/mol. The zero-order valence-corrected chi connectivity index (χ0v) is 19.1. The zero-order chi connectivity index (χ0) is 22.8. The van der Waals surface area contributed by atoms with Crippen LogP contribution in [0.5, 0.6) is 0 Å². The molecule has 166 valence electrons. The van der Waals surface area contributed by atoms with E-state index in [4.69, 9.17) is 23.2 Å². The van der Waals surface area contributed by atoms with Crippen molar-refractivity contribution in [1.82, 2.24) is 4.90 Å². The second-order valence-corrected chi connectivity index (χ2v) is 8.84. The third-order valence-corrected chi connectivity index (χ3v) is 6.54. The van der Waals surface area contributed by atoms with Gasteiger partial charge in [0.25, 0.3) is 17.7 Å². The highest BCUT2D eigenvalue weighted by molar-refractivity contribution is 6.53. The summed E-state index contributed by atoms with van der Waals surface area (Å²) in [4.78, 5) is 41.4. The molecule has 0 bridgehead atoms. The van der Waals surface area contributed by atoms with Gasteiger partial charge in [-0.25, -0.2) is 4.90 Å². The zero-order valence-electron chi connectivity index (χ0n) is 17.6. The number of benzene rings is 2. The van der Waals surface area contributed by atoms with Gasteiger partial charge in [-0.1, -0.05) is 48.5 Å². The van der Waals surface area contributed by atoms with Crippen LogP contribution in [0, 0.1) is 0 Å². The van der Waals surface area contributed by atoms with Crippen molar-refractivity contribution < 1.29 is 14.4 Å². The molecule has 0 spiro atoms. The Morgan fingerprint density at radius 1 is 1.00 bits per heavy atom. The number of halogens is 2. The molecule has 6 nitrogen and oxygen atoms in total. The lowest BCUT2D eigenvalue weighted by molar-refractivity contribution is -0.120. The Hall–Kier alpha value is -2.83. The Labute approximate surface area is 196 Å². The second-order valence-electron chi connectivity index (χ2n) is 8.02. The summed E-state index contributed by atoms with van der Waals surface area (Å²) in [7, 11) is 1.83.